The Hall–Kier alpha value is -0.950. The Morgan fingerprint density at radius 2 is 2.16 bits per heavy atom. The third-order valence-corrected chi connectivity index (χ3v) is 3.05. The number of carboxylic acid groups (broad SMARTS) is 1. The second-order valence-corrected chi connectivity index (χ2v) is 4.84. The monoisotopic (exact) mass is 274 g/mol. The zero-order valence-electron chi connectivity index (χ0n) is 11.2. The molecule has 0 bridgehead atoms. The van der Waals surface area contributed by atoms with Crippen LogP contribution in [-0.2, 0) is 14.3 Å². The van der Waals surface area contributed by atoms with E-state index >= 15 is 0 Å². The third-order valence-electron chi connectivity index (χ3n) is 3.05. The van der Waals surface area contributed by atoms with E-state index in [1.807, 2.05) is 6.92 Å². The Labute approximate surface area is 112 Å². The lowest BCUT2D eigenvalue weighted by Crippen LogP contribution is -2.48. The number of allylic oxidation sites excluding steroid dienone is 1. The number of carboxylic acids is 1. The predicted molar refractivity (Wildman–Crippen MR) is 67.5 cm³/mol. The summed E-state index contributed by atoms with van der Waals surface area (Å²) >= 11 is 0. The van der Waals surface area contributed by atoms with Gasteiger partial charge in [-0.1, -0.05) is 6.08 Å². The standard InChI is InChI=1S/C13H22O6/c1-8(5-3-4-6-12(16)17)18-13-11(15)7-10(14)9(2)19-13/h4,6,8-11,13-15H,3,5,7H2,1-2H3,(H,16,17)/b6-4+/t8-,9+,10-,11-,13-/m1/s1. The number of aliphatic hydroxyl groups is 2. The molecule has 0 saturated carbocycles. The Balaban J connectivity index is 2.31. The lowest BCUT2D eigenvalue weighted by molar-refractivity contribution is -0.273. The average Bonchev–Trinajstić information content (AvgIpc) is 2.31. The van der Waals surface area contributed by atoms with Crippen LogP contribution in [-0.4, -0.2) is 52.0 Å². The molecule has 19 heavy (non-hydrogen) atoms. The maximum Gasteiger partial charge on any atom is 0.327 e. The van der Waals surface area contributed by atoms with E-state index in [1.165, 1.54) is 0 Å². The number of ether oxygens (including phenoxy) is 2. The average molecular weight is 274 g/mol. The molecule has 3 N–H and O–H groups in total. The van der Waals surface area contributed by atoms with Crippen LogP contribution in [0, 0.1) is 0 Å². The van der Waals surface area contributed by atoms with Crippen LogP contribution >= 0.6 is 0 Å². The molecular weight excluding hydrogens is 252 g/mol. The number of hydrogen-bond donors (Lipinski definition) is 3. The summed E-state index contributed by atoms with van der Waals surface area (Å²) in [5.74, 6) is -0.970. The molecular formula is C13H22O6. The summed E-state index contributed by atoms with van der Waals surface area (Å²) < 4.78 is 11.0. The summed E-state index contributed by atoms with van der Waals surface area (Å²) in [5, 5.41) is 27.7. The summed E-state index contributed by atoms with van der Waals surface area (Å²) in [6.07, 6.45) is 1.31. The zero-order chi connectivity index (χ0) is 14.4. The van der Waals surface area contributed by atoms with Crippen molar-refractivity contribution >= 4 is 5.97 Å². The smallest absolute Gasteiger partial charge is 0.327 e. The zero-order valence-corrected chi connectivity index (χ0v) is 11.2. The van der Waals surface area contributed by atoms with Gasteiger partial charge in [-0.2, -0.15) is 0 Å². The lowest BCUT2D eigenvalue weighted by Gasteiger charge is -2.36. The summed E-state index contributed by atoms with van der Waals surface area (Å²) in [4.78, 5) is 10.3. The van der Waals surface area contributed by atoms with Gasteiger partial charge in [0.15, 0.2) is 6.29 Å². The normalized spacial score (nSPS) is 33.5. The van der Waals surface area contributed by atoms with Crippen molar-refractivity contribution in [3.8, 4) is 0 Å². The number of rotatable bonds is 6. The van der Waals surface area contributed by atoms with Crippen LogP contribution in [0.2, 0.25) is 0 Å². The van der Waals surface area contributed by atoms with Crippen molar-refractivity contribution in [1.29, 1.82) is 0 Å². The maximum absolute atomic E-state index is 10.3. The topological polar surface area (TPSA) is 96.2 Å². The molecule has 0 aromatic heterocycles. The quantitative estimate of drug-likeness (QED) is 0.616. The maximum atomic E-state index is 10.3. The SMILES string of the molecule is C[C@H](CC/C=C/C(=O)O)O[C@@H]1O[C@@H](C)[C@H](O)C[C@H]1O. The first kappa shape index (κ1) is 16.1. The molecule has 0 amide bonds. The van der Waals surface area contributed by atoms with E-state index < -0.39 is 24.5 Å². The van der Waals surface area contributed by atoms with Crippen LogP contribution in [0.25, 0.3) is 0 Å². The van der Waals surface area contributed by atoms with Gasteiger partial charge in [0.1, 0.15) is 6.10 Å². The number of carbonyl (C=O) groups is 1. The second-order valence-electron chi connectivity index (χ2n) is 4.84. The fraction of sp³-hybridized carbons (Fsp3) is 0.769. The summed E-state index contributed by atoms with van der Waals surface area (Å²) in [5.41, 5.74) is 0. The highest BCUT2D eigenvalue weighted by Crippen LogP contribution is 2.22. The van der Waals surface area contributed by atoms with Crippen LogP contribution < -0.4 is 0 Å². The molecule has 110 valence electrons. The Morgan fingerprint density at radius 3 is 2.79 bits per heavy atom. The first-order valence-electron chi connectivity index (χ1n) is 6.46. The van der Waals surface area contributed by atoms with Crippen molar-refractivity contribution in [2.45, 2.75) is 63.8 Å². The van der Waals surface area contributed by atoms with E-state index in [-0.39, 0.29) is 18.6 Å². The van der Waals surface area contributed by atoms with Crippen molar-refractivity contribution in [3.63, 3.8) is 0 Å². The van der Waals surface area contributed by atoms with Crippen LogP contribution in [0.4, 0.5) is 0 Å². The minimum absolute atomic E-state index is 0.166. The summed E-state index contributed by atoms with van der Waals surface area (Å²) in [6, 6.07) is 0. The number of aliphatic hydroxyl groups excluding tert-OH is 2. The van der Waals surface area contributed by atoms with Gasteiger partial charge in [-0.05, 0) is 26.7 Å². The van der Waals surface area contributed by atoms with Crippen molar-refractivity contribution < 1.29 is 29.6 Å². The molecule has 1 fully saturated rings. The summed E-state index contributed by atoms with van der Waals surface area (Å²) in [7, 11) is 0. The highest BCUT2D eigenvalue weighted by molar-refractivity contribution is 5.79. The van der Waals surface area contributed by atoms with Gasteiger partial charge in [0, 0.05) is 12.5 Å². The molecule has 0 aromatic carbocycles. The van der Waals surface area contributed by atoms with Crippen molar-refractivity contribution in [3.05, 3.63) is 12.2 Å². The van der Waals surface area contributed by atoms with Crippen molar-refractivity contribution in [1.82, 2.24) is 0 Å². The van der Waals surface area contributed by atoms with Crippen LogP contribution in [0.15, 0.2) is 12.2 Å². The van der Waals surface area contributed by atoms with Crippen LogP contribution in [0.5, 0.6) is 0 Å². The fourth-order valence-corrected chi connectivity index (χ4v) is 1.88. The largest absolute Gasteiger partial charge is 0.478 e. The molecule has 6 nitrogen and oxygen atoms in total. The lowest BCUT2D eigenvalue weighted by atomic mass is 10.0. The molecule has 0 unspecified atom stereocenters. The van der Waals surface area contributed by atoms with E-state index in [9.17, 15) is 15.0 Å². The predicted octanol–water partition coefficient (Wildman–Crippen LogP) is 0.669. The second kappa shape index (κ2) is 7.59. The van der Waals surface area contributed by atoms with Crippen molar-refractivity contribution in [2.75, 3.05) is 0 Å². The van der Waals surface area contributed by atoms with E-state index in [0.29, 0.717) is 12.8 Å². The van der Waals surface area contributed by atoms with Gasteiger partial charge in [-0.3, -0.25) is 0 Å². The van der Waals surface area contributed by atoms with Gasteiger partial charge in [-0.25, -0.2) is 4.79 Å². The Morgan fingerprint density at radius 1 is 1.47 bits per heavy atom. The molecule has 1 heterocycles. The third kappa shape index (κ3) is 5.69. The number of aliphatic carboxylic acids is 1. The molecule has 0 aliphatic carbocycles. The molecule has 5 atom stereocenters. The molecule has 1 rings (SSSR count). The number of hydrogen-bond acceptors (Lipinski definition) is 5. The van der Waals surface area contributed by atoms with Gasteiger partial charge < -0.3 is 24.8 Å². The van der Waals surface area contributed by atoms with Gasteiger partial charge in [0.05, 0.1) is 18.3 Å². The first-order valence-corrected chi connectivity index (χ1v) is 6.46. The summed E-state index contributed by atoms with van der Waals surface area (Å²) in [6.45, 7) is 3.56. The Kier molecular flexibility index (Phi) is 6.44. The van der Waals surface area contributed by atoms with Crippen LogP contribution in [0.3, 0.4) is 0 Å². The molecule has 0 spiro atoms. The first-order chi connectivity index (χ1) is 8.90. The molecule has 0 radical (unpaired) electrons. The highest BCUT2D eigenvalue weighted by Gasteiger charge is 2.35. The van der Waals surface area contributed by atoms with Gasteiger partial charge >= 0.3 is 5.97 Å². The fourth-order valence-electron chi connectivity index (χ4n) is 1.88. The van der Waals surface area contributed by atoms with Gasteiger partial charge in [0.25, 0.3) is 0 Å². The van der Waals surface area contributed by atoms with E-state index in [1.54, 1.807) is 13.0 Å². The van der Waals surface area contributed by atoms with E-state index in [0.717, 1.165) is 6.08 Å². The highest BCUT2D eigenvalue weighted by atomic mass is 16.7. The minimum Gasteiger partial charge on any atom is -0.478 e. The molecule has 1 aliphatic rings. The van der Waals surface area contributed by atoms with Gasteiger partial charge in [-0.15, -0.1) is 0 Å². The molecule has 6 heteroatoms. The molecule has 1 aliphatic heterocycles. The van der Waals surface area contributed by atoms with Crippen molar-refractivity contribution in [2.24, 2.45) is 0 Å². The van der Waals surface area contributed by atoms with Gasteiger partial charge in [0.2, 0.25) is 0 Å². The Bertz CT molecular complexity index is 316. The van der Waals surface area contributed by atoms with E-state index in [2.05, 4.69) is 0 Å². The molecule has 0 aromatic rings. The molecule has 1 saturated heterocycles. The minimum atomic E-state index is -0.970. The van der Waals surface area contributed by atoms with Crippen LogP contribution in [0.1, 0.15) is 33.1 Å². The van der Waals surface area contributed by atoms with E-state index in [4.69, 9.17) is 14.6 Å².